The Balaban J connectivity index is 2.63. The third kappa shape index (κ3) is 1.71. The van der Waals surface area contributed by atoms with Crippen molar-refractivity contribution in [1.82, 2.24) is 15.0 Å². The van der Waals surface area contributed by atoms with Crippen molar-refractivity contribution >= 4 is 5.97 Å². The summed E-state index contributed by atoms with van der Waals surface area (Å²) in [6.45, 7) is 1.89. The molecule has 1 aromatic heterocycles. The molecule has 0 aliphatic carbocycles. The zero-order valence-electron chi connectivity index (χ0n) is 8.08. The number of hydrogen-bond donors (Lipinski definition) is 1. The van der Waals surface area contributed by atoms with Crippen LogP contribution in [0.2, 0.25) is 0 Å². The summed E-state index contributed by atoms with van der Waals surface area (Å²) in [5.74, 6) is -0.984. The van der Waals surface area contributed by atoms with Crippen LogP contribution in [-0.2, 0) is 0 Å². The van der Waals surface area contributed by atoms with Crippen LogP contribution in [0.25, 0.3) is 5.69 Å². The van der Waals surface area contributed by atoms with Gasteiger partial charge in [0.05, 0.1) is 18.0 Å². The van der Waals surface area contributed by atoms with Crippen molar-refractivity contribution in [2.75, 3.05) is 0 Å². The maximum atomic E-state index is 11.0. The Labute approximate surface area is 86.0 Å². The molecule has 76 valence electrons. The van der Waals surface area contributed by atoms with Gasteiger partial charge < -0.3 is 5.11 Å². The van der Waals surface area contributed by atoms with Crippen LogP contribution in [-0.4, -0.2) is 26.1 Å². The van der Waals surface area contributed by atoms with Gasteiger partial charge in [-0.15, -0.1) is 0 Å². The molecule has 0 spiro atoms. The molecule has 5 heteroatoms. The Morgan fingerprint density at radius 3 is 2.60 bits per heavy atom. The van der Waals surface area contributed by atoms with Crippen LogP contribution in [0.4, 0.5) is 0 Å². The van der Waals surface area contributed by atoms with E-state index in [9.17, 15) is 4.79 Å². The Hall–Kier alpha value is -2.17. The van der Waals surface area contributed by atoms with Crippen LogP contribution in [0.5, 0.6) is 0 Å². The number of aromatic nitrogens is 3. The summed E-state index contributed by atoms with van der Waals surface area (Å²) < 4.78 is 0. The number of carboxylic acid groups (broad SMARTS) is 1. The van der Waals surface area contributed by atoms with Gasteiger partial charge in [-0.25, -0.2) is 4.79 Å². The predicted molar refractivity (Wildman–Crippen MR) is 53.1 cm³/mol. The van der Waals surface area contributed by atoms with Gasteiger partial charge >= 0.3 is 5.97 Å². The molecular formula is C10H9N3O2. The lowest BCUT2D eigenvalue weighted by molar-refractivity contribution is 0.0696. The lowest BCUT2D eigenvalue weighted by atomic mass is 10.1. The zero-order valence-corrected chi connectivity index (χ0v) is 8.08. The van der Waals surface area contributed by atoms with Gasteiger partial charge in [-0.05, 0) is 24.6 Å². The average Bonchev–Trinajstić information content (AvgIpc) is 2.69. The van der Waals surface area contributed by atoms with Crippen LogP contribution < -0.4 is 0 Å². The highest BCUT2D eigenvalue weighted by Gasteiger charge is 2.12. The quantitative estimate of drug-likeness (QED) is 0.798. The molecule has 0 aliphatic heterocycles. The summed E-state index contributed by atoms with van der Waals surface area (Å²) in [7, 11) is 0. The second-order valence-corrected chi connectivity index (χ2v) is 3.14. The van der Waals surface area contributed by atoms with E-state index in [0.717, 1.165) is 5.56 Å². The molecule has 0 fully saturated rings. The Morgan fingerprint density at radius 2 is 2.00 bits per heavy atom. The largest absolute Gasteiger partial charge is 0.478 e. The van der Waals surface area contributed by atoms with Gasteiger partial charge in [-0.1, -0.05) is 6.07 Å². The summed E-state index contributed by atoms with van der Waals surface area (Å²) >= 11 is 0. The van der Waals surface area contributed by atoms with Gasteiger partial charge in [0.1, 0.15) is 5.69 Å². The Kier molecular flexibility index (Phi) is 2.21. The molecule has 0 atom stereocenters. The van der Waals surface area contributed by atoms with Crippen molar-refractivity contribution in [2.24, 2.45) is 0 Å². The number of aryl methyl sites for hydroxylation is 1. The SMILES string of the molecule is Cc1ccc(C(=O)O)c(-n2nccn2)c1. The minimum absolute atomic E-state index is 0.191. The molecule has 0 radical (unpaired) electrons. The van der Waals surface area contributed by atoms with Crippen molar-refractivity contribution in [3.05, 3.63) is 41.7 Å². The highest BCUT2D eigenvalue weighted by atomic mass is 16.4. The number of nitrogens with zero attached hydrogens (tertiary/aromatic N) is 3. The number of aromatic carboxylic acids is 1. The molecule has 0 unspecified atom stereocenters. The monoisotopic (exact) mass is 203 g/mol. The fourth-order valence-electron chi connectivity index (χ4n) is 1.33. The second-order valence-electron chi connectivity index (χ2n) is 3.14. The lowest BCUT2D eigenvalue weighted by Gasteiger charge is -2.05. The molecule has 1 N–H and O–H groups in total. The van der Waals surface area contributed by atoms with Gasteiger partial charge in [0.2, 0.25) is 0 Å². The van der Waals surface area contributed by atoms with E-state index in [4.69, 9.17) is 5.11 Å². The molecule has 0 saturated heterocycles. The van der Waals surface area contributed by atoms with Gasteiger partial charge in [-0.3, -0.25) is 0 Å². The maximum Gasteiger partial charge on any atom is 0.337 e. The van der Waals surface area contributed by atoms with Crippen molar-refractivity contribution in [3.63, 3.8) is 0 Å². The molecular weight excluding hydrogens is 194 g/mol. The molecule has 1 heterocycles. The van der Waals surface area contributed by atoms with Crippen LogP contribution in [0, 0.1) is 6.92 Å². The molecule has 0 bridgehead atoms. The normalized spacial score (nSPS) is 10.2. The third-order valence-electron chi connectivity index (χ3n) is 2.02. The minimum atomic E-state index is -0.984. The van der Waals surface area contributed by atoms with E-state index in [2.05, 4.69) is 10.2 Å². The fourth-order valence-corrected chi connectivity index (χ4v) is 1.33. The number of hydrogen-bond acceptors (Lipinski definition) is 3. The van der Waals surface area contributed by atoms with E-state index in [1.807, 2.05) is 6.92 Å². The zero-order chi connectivity index (χ0) is 10.8. The number of rotatable bonds is 2. The van der Waals surface area contributed by atoms with Crippen molar-refractivity contribution < 1.29 is 9.90 Å². The van der Waals surface area contributed by atoms with Crippen molar-refractivity contribution in [2.45, 2.75) is 6.92 Å². The smallest absolute Gasteiger partial charge is 0.337 e. The third-order valence-corrected chi connectivity index (χ3v) is 2.02. The number of benzene rings is 1. The second kappa shape index (κ2) is 3.53. The fraction of sp³-hybridized carbons (Fsp3) is 0.100. The van der Waals surface area contributed by atoms with Gasteiger partial charge in [0.15, 0.2) is 0 Å². The lowest BCUT2D eigenvalue weighted by Crippen LogP contribution is -2.08. The van der Waals surface area contributed by atoms with Crippen molar-refractivity contribution in [1.29, 1.82) is 0 Å². The summed E-state index contributed by atoms with van der Waals surface area (Å²) in [4.78, 5) is 12.3. The van der Waals surface area contributed by atoms with E-state index in [1.165, 1.54) is 17.2 Å². The highest BCUT2D eigenvalue weighted by molar-refractivity contribution is 5.91. The van der Waals surface area contributed by atoms with Gasteiger partial charge in [0, 0.05) is 0 Å². The first-order valence-corrected chi connectivity index (χ1v) is 4.39. The van der Waals surface area contributed by atoms with Gasteiger partial charge in [-0.2, -0.15) is 15.0 Å². The summed E-state index contributed by atoms with van der Waals surface area (Å²) in [5, 5.41) is 16.8. The Bertz CT molecular complexity index is 491. The highest BCUT2D eigenvalue weighted by Crippen LogP contribution is 2.14. The number of carbonyl (C=O) groups is 1. The molecule has 0 aliphatic rings. The molecule has 2 rings (SSSR count). The number of carboxylic acids is 1. The standard InChI is InChI=1S/C10H9N3O2/c1-7-2-3-8(10(14)15)9(6-7)13-11-4-5-12-13/h2-6H,1H3,(H,14,15). The summed E-state index contributed by atoms with van der Waals surface area (Å²) in [5.41, 5.74) is 1.64. The van der Waals surface area contributed by atoms with Crippen molar-refractivity contribution in [3.8, 4) is 5.69 Å². The first kappa shape index (κ1) is 9.39. The van der Waals surface area contributed by atoms with Crippen LogP contribution in [0.15, 0.2) is 30.6 Å². The molecule has 0 amide bonds. The van der Waals surface area contributed by atoms with E-state index in [0.29, 0.717) is 5.69 Å². The molecule has 5 nitrogen and oxygen atoms in total. The van der Waals surface area contributed by atoms with E-state index in [1.54, 1.807) is 18.2 Å². The van der Waals surface area contributed by atoms with E-state index >= 15 is 0 Å². The van der Waals surface area contributed by atoms with Crippen LogP contribution >= 0.6 is 0 Å². The molecule has 15 heavy (non-hydrogen) atoms. The maximum absolute atomic E-state index is 11.0. The van der Waals surface area contributed by atoms with E-state index in [-0.39, 0.29) is 5.56 Å². The summed E-state index contributed by atoms with van der Waals surface area (Å²) in [6.07, 6.45) is 3.02. The Morgan fingerprint density at radius 1 is 1.33 bits per heavy atom. The van der Waals surface area contributed by atoms with E-state index < -0.39 is 5.97 Å². The first-order valence-electron chi connectivity index (χ1n) is 4.39. The molecule has 0 saturated carbocycles. The van der Waals surface area contributed by atoms with Gasteiger partial charge in [0.25, 0.3) is 0 Å². The van der Waals surface area contributed by atoms with Crippen LogP contribution in [0.3, 0.4) is 0 Å². The topological polar surface area (TPSA) is 68.0 Å². The molecule has 1 aromatic carbocycles. The minimum Gasteiger partial charge on any atom is -0.478 e. The summed E-state index contributed by atoms with van der Waals surface area (Å²) in [6, 6.07) is 5.04. The molecule has 2 aromatic rings. The van der Waals surface area contributed by atoms with Crippen LogP contribution in [0.1, 0.15) is 15.9 Å². The average molecular weight is 203 g/mol. The first-order chi connectivity index (χ1) is 7.18. The predicted octanol–water partition coefficient (Wildman–Crippen LogP) is 1.27.